The van der Waals surface area contributed by atoms with Crippen LogP contribution in [0.25, 0.3) is 10.9 Å². The molecule has 0 amide bonds. The molecule has 0 atom stereocenters. The molecule has 0 aliphatic carbocycles. The van der Waals surface area contributed by atoms with Crippen LogP contribution in [-0.4, -0.2) is 10.1 Å². The minimum atomic E-state index is 0.494. The van der Waals surface area contributed by atoms with E-state index in [1.165, 1.54) is 10.9 Å². The van der Waals surface area contributed by atoms with Crippen LogP contribution in [0.15, 0.2) is 48.5 Å². The van der Waals surface area contributed by atoms with Crippen LogP contribution in [-0.2, 0) is 0 Å². The number of anilines is 2. The van der Waals surface area contributed by atoms with E-state index in [9.17, 15) is 0 Å². The number of pyridine rings is 1. The second-order valence-corrected chi connectivity index (χ2v) is 6.22. The normalized spacial score (nSPS) is 10.5. The van der Waals surface area contributed by atoms with E-state index < -0.39 is 0 Å². The molecule has 0 spiro atoms. The summed E-state index contributed by atoms with van der Waals surface area (Å²) < 4.78 is 0. The lowest BCUT2D eigenvalue weighted by molar-refractivity contribution is 1.10. The summed E-state index contributed by atoms with van der Waals surface area (Å²) in [5.74, 6) is 0.739. The summed E-state index contributed by atoms with van der Waals surface area (Å²) in [4.78, 5) is 4.67. The number of aryl methyl sites for hydroxylation is 3. The molecule has 1 aromatic heterocycles. The molecule has 5 heteroatoms. The van der Waals surface area contributed by atoms with Gasteiger partial charge in [0, 0.05) is 11.1 Å². The summed E-state index contributed by atoms with van der Waals surface area (Å²) in [5.41, 5.74) is 11.5. The molecule has 0 radical (unpaired) electrons. The fourth-order valence-corrected chi connectivity index (χ4v) is 2.77. The summed E-state index contributed by atoms with van der Waals surface area (Å²) in [5, 5.41) is 4.84. The van der Waals surface area contributed by atoms with E-state index in [1.807, 2.05) is 37.3 Å². The second kappa shape index (κ2) is 6.84. The summed E-state index contributed by atoms with van der Waals surface area (Å²) in [7, 11) is 0. The van der Waals surface area contributed by atoms with Crippen LogP contribution >= 0.6 is 12.2 Å². The number of hydrogen-bond donors (Lipinski definition) is 3. The molecule has 0 aliphatic rings. The second-order valence-electron chi connectivity index (χ2n) is 5.81. The Balaban J connectivity index is 1.73. The number of para-hydroxylation sites is 2. The summed E-state index contributed by atoms with van der Waals surface area (Å²) in [6.07, 6.45) is 0. The van der Waals surface area contributed by atoms with Gasteiger partial charge in [0.05, 0.1) is 5.52 Å². The van der Waals surface area contributed by atoms with Crippen LogP contribution in [0.5, 0.6) is 0 Å². The predicted molar refractivity (Wildman–Crippen MR) is 105 cm³/mol. The maximum Gasteiger partial charge on any atom is 0.189 e. The van der Waals surface area contributed by atoms with Gasteiger partial charge in [-0.1, -0.05) is 36.4 Å². The zero-order valence-electron chi connectivity index (χ0n) is 14.0. The van der Waals surface area contributed by atoms with Crippen molar-refractivity contribution in [2.24, 2.45) is 0 Å². The standard InChI is InChI=1S/C19H20N4S/c1-12-7-4-5-10-16(12)20-19(24)23-22-17-11-14(3)15-9-6-8-13(2)18(15)21-17/h4-11H,1-3H3,(H,21,22)(H2,20,23,24). The minimum Gasteiger partial charge on any atom is -0.331 e. The van der Waals surface area contributed by atoms with Crippen molar-refractivity contribution in [3.8, 4) is 0 Å². The Morgan fingerprint density at radius 2 is 1.67 bits per heavy atom. The highest BCUT2D eigenvalue weighted by molar-refractivity contribution is 7.80. The number of thiocarbonyl (C=S) groups is 1. The molecule has 1 heterocycles. The fraction of sp³-hybridized carbons (Fsp3) is 0.158. The van der Waals surface area contributed by atoms with Crippen molar-refractivity contribution >= 4 is 39.7 Å². The van der Waals surface area contributed by atoms with Gasteiger partial charge in [0.15, 0.2) is 5.11 Å². The average Bonchev–Trinajstić information content (AvgIpc) is 2.56. The van der Waals surface area contributed by atoms with Crippen LogP contribution in [0.4, 0.5) is 11.5 Å². The van der Waals surface area contributed by atoms with Crippen molar-refractivity contribution in [1.82, 2.24) is 10.4 Å². The predicted octanol–water partition coefficient (Wildman–Crippen LogP) is 4.47. The molecule has 3 N–H and O–H groups in total. The molecule has 3 rings (SSSR count). The Morgan fingerprint density at radius 1 is 0.917 bits per heavy atom. The Labute approximate surface area is 147 Å². The third-order valence-electron chi connectivity index (χ3n) is 3.95. The highest BCUT2D eigenvalue weighted by atomic mass is 32.1. The third kappa shape index (κ3) is 3.46. The van der Waals surface area contributed by atoms with Crippen LogP contribution in [0.3, 0.4) is 0 Å². The van der Waals surface area contributed by atoms with Gasteiger partial charge >= 0.3 is 0 Å². The quantitative estimate of drug-likeness (QED) is 0.486. The van der Waals surface area contributed by atoms with Crippen LogP contribution in [0.1, 0.15) is 16.7 Å². The lowest BCUT2D eigenvalue weighted by Gasteiger charge is -2.14. The van der Waals surface area contributed by atoms with E-state index in [2.05, 4.69) is 53.2 Å². The summed E-state index contributed by atoms with van der Waals surface area (Å²) in [6.45, 7) is 6.18. The van der Waals surface area contributed by atoms with Gasteiger partial charge in [-0.25, -0.2) is 4.98 Å². The molecule has 0 unspecified atom stereocenters. The van der Waals surface area contributed by atoms with Crippen LogP contribution in [0.2, 0.25) is 0 Å². The Morgan fingerprint density at radius 3 is 2.46 bits per heavy atom. The third-order valence-corrected chi connectivity index (χ3v) is 4.15. The van der Waals surface area contributed by atoms with Crippen LogP contribution in [0, 0.1) is 20.8 Å². The van der Waals surface area contributed by atoms with E-state index >= 15 is 0 Å². The number of rotatable bonds is 3. The van der Waals surface area contributed by atoms with E-state index in [0.717, 1.165) is 28.1 Å². The molecule has 0 saturated carbocycles. The SMILES string of the molecule is Cc1ccccc1NC(=S)NNc1cc(C)c2cccc(C)c2n1. The number of hydrogen-bond acceptors (Lipinski definition) is 3. The lowest BCUT2D eigenvalue weighted by Crippen LogP contribution is -2.33. The van der Waals surface area contributed by atoms with E-state index in [4.69, 9.17) is 12.2 Å². The van der Waals surface area contributed by atoms with Crippen molar-refractivity contribution in [2.75, 3.05) is 10.7 Å². The van der Waals surface area contributed by atoms with Gasteiger partial charge in [-0.05, 0) is 61.8 Å². The average molecular weight is 336 g/mol. The zero-order chi connectivity index (χ0) is 17.1. The van der Waals surface area contributed by atoms with Crippen molar-refractivity contribution in [3.05, 3.63) is 65.2 Å². The van der Waals surface area contributed by atoms with Gasteiger partial charge in [0.25, 0.3) is 0 Å². The first kappa shape index (κ1) is 16.2. The van der Waals surface area contributed by atoms with Gasteiger partial charge in [0.2, 0.25) is 0 Å². The Hall–Kier alpha value is -2.66. The molecule has 2 aromatic carbocycles. The van der Waals surface area contributed by atoms with E-state index in [1.54, 1.807) is 0 Å². The van der Waals surface area contributed by atoms with Gasteiger partial charge in [-0.2, -0.15) is 0 Å². The first-order valence-electron chi connectivity index (χ1n) is 7.80. The lowest BCUT2D eigenvalue weighted by atomic mass is 10.1. The largest absolute Gasteiger partial charge is 0.331 e. The summed E-state index contributed by atoms with van der Waals surface area (Å²) >= 11 is 5.34. The van der Waals surface area contributed by atoms with Crippen molar-refractivity contribution in [1.29, 1.82) is 0 Å². The van der Waals surface area contributed by atoms with Gasteiger partial charge in [-0.15, -0.1) is 0 Å². The molecule has 0 bridgehead atoms. The van der Waals surface area contributed by atoms with E-state index in [0.29, 0.717) is 5.11 Å². The molecule has 0 aliphatic heterocycles. The molecular formula is C19H20N4S. The molecular weight excluding hydrogens is 316 g/mol. The van der Waals surface area contributed by atoms with Gasteiger partial charge < -0.3 is 5.32 Å². The smallest absolute Gasteiger partial charge is 0.189 e. The maximum atomic E-state index is 5.34. The first-order valence-corrected chi connectivity index (χ1v) is 8.21. The molecule has 0 fully saturated rings. The Bertz CT molecular complexity index is 905. The van der Waals surface area contributed by atoms with Crippen molar-refractivity contribution < 1.29 is 0 Å². The molecule has 3 aromatic rings. The van der Waals surface area contributed by atoms with Crippen molar-refractivity contribution in [2.45, 2.75) is 20.8 Å². The number of nitrogens with one attached hydrogen (secondary N) is 3. The first-order chi connectivity index (χ1) is 11.5. The number of fused-ring (bicyclic) bond motifs is 1. The number of benzene rings is 2. The van der Waals surface area contributed by atoms with Gasteiger partial charge in [0.1, 0.15) is 5.82 Å². The highest BCUT2D eigenvalue weighted by Gasteiger charge is 2.05. The Kier molecular flexibility index (Phi) is 4.62. The topological polar surface area (TPSA) is 49.0 Å². The molecule has 4 nitrogen and oxygen atoms in total. The van der Waals surface area contributed by atoms with E-state index in [-0.39, 0.29) is 0 Å². The maximum absolute atomic E-state index is 5.34. The van der Waals surface area contributed by atoms with Gasteiger partial charge in [-0.3, -0.25) is 10.9 Å². The molecule has 24 heavy (non-hydrogen) atoms. The summed E-state index contributed by atoms with van der Waals surface area (Å²) in [6, 6.07) is 16.2. The molecule has 122 valence electrons. The number of hydrazine groups is 1. The highest BCUT2D eigenvalue weighted by Crippen LogP contribution is 2.22. The zero-order valence-corrected chi connectivity index (χ0v) is 14.8. The number of nitrogens with zero attached hydrogens (tertiary/aromatic N) is 1. The van der Waals surface area contributed by atoms with Crippen molar-refractivity contribution in [3.63, 3.8) is 0 Å². The molecule has 0 saturated heterocycles. The minimum absolute atomic E-state index is 0.494. The van der Waals surface area contributed by atoms with Crippen LogP contribution < -0.4 is 16.2 Å². The fourth-order valence-electron chi connectivity index (χ4n) is 2.61. The number of aromatic nitrogens is 1. The monoisotopic (exact) mass is 336 g/mol.